The number of H-pyrrole nitrogens is 1. The van der Waals surface area contributed by atoms with Crippen LogP contribution in [0.1, 0.15) is 5.82 Å². The smallest absolute Gasteiger partial charge is 0.216 e. The van der Waals surface area contributed by atoms with Crippen LogP contribution in [0.4, 0.5) is 10.1 Å². The number of nitrogens with zero attached hydrogens (tertiary/aromatic N) is 4. The van der Waals surface area contributed by atoms with E-state index in [0.29, 0.717) is 5.69 Å². The standard InChI is InChI=1S/C10H6FIN6/c11-7-1-8(12)3-9(2-7)14-5-6(4-13)10-15-17-18-16-10/h1-3,5,14H,(H,15,16,17,18). The topological polar surface area (TPSA) is 90.3 Å². The van der Waals surface area contributed by atoms with E-state index < -0.39 is 0 Å². The molecule has 0 bridgehead atoms. The van der Waals surface area contributed by atoms with E-state index in [2.05, 4.69) is 25.9 Å². The number of anilines is 1. The number of hydrogen-bond donors (Lipinski definition) is 2. The van der Waals surface area contributed by atoms with Gasteiger partial charge in [-0.25, -0.2) is 4.39 Å². The van der Waals surface area contributed by atoms with Gasteiger partial charge in [0.05, 0.1) is 0 Å². The number of tetrazole rings is 1. The van der Waals surface area contributed by atoms with Crippen LogP contribution in [0.5, 0.6) is 0 Å². The molecular formula is C10H6FIN6. The molecule has 18 heavy (non-hydrogen) atoms. The Hall–Kier alpha value is -2.02. The highest BCUT2D eigenvalue weighted by Gasteiger charge is 2.05. The van der Waals surface area contributed by atoms with Crippen molar-refractivity contribution < 1.29 is 4.39 Å². The molecule has 6 nitrogen and oxygen atoms in total. The maximum absolute atomic E-state index is 13.1. The Bertz CT molecular complexity index is 596. The summed E-state index contributed by atoms with van der Waals surface area (Å²) in [6.45, 7) is 0. The van der Waals surface area contributed by atoms with Crippen molar-refractivity contribution in [3.05, 3.63) is 39.6 Å². The minimum absolute atomic E-state index is 0.177. The van der Waals surface area contributed by atoms with Crippen molar-refractivity contribution in [1.82, 2.24) is 20.6 Å². The van der Waals surface area contributed by atoms with Gasteiger partial charge in [-0.3, -0.25) is 0 Å². The van der Waals surface area contributed by atoms with Gasteiger partial charge in [-0.05, 0) is 46.0 Å². The molecule has 2 N–H and O–H groups in total. The molecule has 0 radical (unpaired) electrons. The monoisotopic (exact) mass is 356 g/mol. The van der Waals surface area contributed by atoms with Crippen LogP contribution < -0.4 is 5.32 Å². The highest BCUT2D eigenvalue weighted by Crippen LogP contribution is 2.16. The fourth-order valence-electron chi connectivity index (χ4n) is 1.22. The predicted octanol–water partition coefficient (Wildman–Crippen LogP) is 1.92. The highest BCUT2D eigenvalue weighted by atomic mass is 127. The van der Waals surface area contributed by atoms with E-state index >= 15 is 0 Å². The van der Waals surface area contributed by atoms with E-state index in [9.17, 15) is 4.39 Å². The molecule has 0 spiro atoms. The first-order valence-corrected chi connectivity index (χ1v) is 5.83. The Morgan fingerprint density at radius 2 is 2.33 bits per heavy atom. The Morgan fingerprint density at radius 1 is 1.50 bits per heavy atom. The van der Waals surface area contributed by atoms with Crippen molar-refractivity contribution in [2.45, 2.75) is 0 Å². The lowest BCUT2D eigenvalue weighted by Crippen LogP contribution is -1.94. The van der Waals surface area contributed by atoms with Gasteiger partial charge in [0.1, 0.15) is 17.5 Å². The number of aromatic amines is 1. The third-order valence-corrected chi connectivity index (χ3v) is 2.58. The lowest BCUT2D eigenvalue weighted by atomic mass is 10.3. The molecule has 1 aromatic carbocycles. The first kappa shape index (κ1) is 12.4. The van der Waals surface area contributed by atoms with Gasteiger partial charge in [-0.15, -0.1) is 10.2 Å². The number of halogens is 2. The van der Waals surface area contributed by atoms with Crippen molar-refractivity contribution in [1.29, 1.82) is 5.26 Å². The lowest BCUT2D eigenvalue weighted by molar-refractivity contribution is 0.627. The summed E-state index contributed by atoms with van der Waals surface area (Å²) in [5, 5.41) is 24.7. The summed E-state index contributed by atoms with van der Waals surface area (Å²) in [6, 6.07) is 6.39. The second-order valence-corrected chi connectivity index (χ2v) is 4.45. The van der Waals surface area contributed by atoms with Gasteiger partial charge in [0.25, 0.3) is 0 Å². The quantitative estimate of drug-likeness (QED) is 0.648. The number of allylic oxidation sites excluding steroid dienone is 1. The third kappa shape index (κ3) is 3.01. The van der Waals surface area contributed by atoms with Gasteiger partial charge < -0.3 is 5.32 Å². The molecule has 0 atom stereocenters. The van der Waals surface area contributed by atoms with Crippen molar-refractivity contribution in [2.75, 3.05) is 5.32 Å². The van der Waals surface area contributed by atoms with Crippen LogP contribution in [-0.4, -0.2) is 20.6 Å². The van der Waals surface area contributed by atoms with Gasteiger partial charge in [0.2, 0.25) is 5.82 Å². The number of benzene rings is 1. The largest absolute Gasteiger partial charge is 0.360 e. The van der Waals surface area contributed by atoms with Gasteiger partial charge in [-0.2, -0.15) is 10.5 Å². The number of hydrogen-bond acceptors (Lipinski definition) is 5. The molecule has 0 aliphatic carbocycles. The van der Waals surface area contributed by atoms with Crippen LogP contribution >= 0.6 is 22.6 Å². The maximum Gasteiger partial charge on any atom is 0.216 e. The maximum atomic E-state index is 13.1. The van der Waals surface area contributed by atoms with E-state index in [1.807, 2.05) is 28.7 Å². The van der Waals surface area contributed by atoms with Crippen molar-refractivity contribution in [3.8, 4) is 6.07 Å². The third-order valence-electron chi connectivity index (χ3n) is 1.95. The molecule has 0 aliphatic rings. The zero-order valence-corrected chi connectivity index (χ0v) is 11.0. The van der Waals surface area contributed by atoms with Crippen LogP contribution in [0.2, 0.25) is 0 Å². The molecule has 0 aliphatic heterocycles. The summed E-state index contributed by atoms with van der Waals surface area (Å²) < 4.78 is 13.9. The molecule has 0 fully saturated rings. The van der Waals surface area contributed by atoms with Crippen molar-refractivity contribution in [3.63, 3.8) is 0 Å². The molecule has 0 saturated heterocycles. The Morgan fingerprint density at radius 3 is 2.94 bits per heavy atom. The number of aromatic nitrogens is 4. The second-order valence-electron chi connectivity index (χ2n) is 3.21. The molecular weight excluding hydrogens is 350 g/mol. The zero-order valence-electron chi connectivity index (χ0n) is 8.85. The minimum Gasteiger partial charge on any atom is -0.360 e. The normalized spacial score (nSPS) is 11.1. The van der Waals surface area contributed by atoms with Crippen LogP contribution in [0.25, 0.3) is 5.57 Å². The molecule has 0 unspecified atom stereocenters. The van der Waals surface area contributed by atoms with Gasteiger partial charge in [0, 0.05) is 15.5 Å². The Labute approximate surface area is 115 Å². The van der Waals surface area contributed by atoms with Crippen LogP contribution in [0.15, 0.2) is 24.4 Å². The molecule has 2 aromatic rings. The van der Waals surface area contributed by atoms with E-state index in [4.69, 9.17) is 5.26 Å². The molecule has 0 saturated carbocycles. The van der Waals surface area contributed by atoms with Gasteiger partial charge >= 0.3 is 0 Å². The van der Waals surface area contributed by atoms with E-state index in [1.54, 1.807) is 6.07 Å². The van der Waals surface area contributed by atoms with Gasteiger partial charge in [-0.1, -0.05) is 0 Å². The fraction of sp³-hybridized carbons (Fsp3) is 0. The van der Waals surface area contributed by atoms with Crippen LogP contribution in [0, 0.1) is 20.7 Å². The van der Waals surface area contributed by atoms with Crippen LogP contribution in [0.3, 0.4) is 0 Å². The molecule has 2 rings (SSSR count). The summed E-state index contributed by atoms with van der Waals surface area (Å²) in [5.74, 6) is -0.174. The van der Waals surface area contributed by atoms with Crippen molar-refractivity contribution in [2.24, 2.45) is 0 Å². The summed E-state index contributed by atoms with van der Waals surface area (Å²) in [6.07, 6.45) is 1.40. The van der Waals surface area contributed by atoms with Crippen molar-refractivity contribution >= 4 is 33.9 Å². The SMILES string of the molecule is N#CC(=CNc1cc(F)cc(I)c1)c1nn[nH]n1. The average Bonchev–Trinajstić information content (AvgIpc) is 2.82. The first-order chi connectivity index (χ1) is 8.69. The summed E-state index contributed by atoms with van der Waals surface area (Å²) in [5.41, 5.74) is 0.735. The van der Waals surface area contributed by atoms with Gasteiger partial charge in [0.15, 0.2) is 0 Å². The first-order valence-electron chi connectivity index (χ1n) is 4.76. The van der Waals surface area contributed by atoms with Crippen LogP contribution in [-0.2, 0) is 0 Å². The molecule has 1 heterocycles. The number of rotatable bonds is 3. The summed E-state index contributed by atoms with van der Waals surface area (Å²) in [7, 11) is 0. The van der Waals surface area contributed by atoms with E-state index in [0.717, 1.165) is 3.57 Å². The summed E-state index contributed by atoms with van der Waals surface area (Å²) in [4.78, 5) is 0. The number of nitrogens with one attached hydrogen (secondary N) is 2. The molecule has 0 amide bonds. The van der Waals surface area contributed by atoms with E-state index in [1.165, 1.54) is 18.3 Å². The Kier molecular flexibility index (Phi) is 3.83. The highest BCUT2D eigenvalue weighted by molar-refractivity contribution is 14.1. The fourth-order valence-corrected chi connectivity index (χ4v) is 1.85. The molecule has 90 valence electrons. The molecule has 1 aromatic heterocycles. The minimum atomic E-state index is -0.351. The zero-order chi connectivity index (χ0) is 13.0. The second kappa shape index (κ2) is 5.54. The summed E-state index contributed by atoms with van der Waals surface area (Å²) >= 11 is 2.00. The molecule has 8 heteroatoms. The Balaban J connectivity index is 2.21. The average molecular weight is 356 g/mol. The lowest BCUT2D eigenvalue weighted by Gasteiger charge is -2.02. The predicted molar refractivity (Wildman–Crippen MR) is 70.5 cm³/mol. The number of nitriles is 1. The van der Waals surface area contributed by atoms with E-state index in [-0.39, 0.29) is 17.2 Å².